The number of methoxy groups -OCH3 is 1. The van der Waals surface area contributed by atoms with E-state index in [1.165, 1.54) is 32.1 Å². The zero-order chi connectivity index (χ0) is 21.6. The van der Waals surface area contributed by atoms with Gasteiger partial charge in [0.1, 0.15) is 5.75 Å². The van der Waals surface area contributed by atoms with E-state index in [9.17, 15) is 9.42 Å². The fourth-order valence-corrected chi connectivity index (χ4v) is 5.98. The molecular weight excluding hydrogens is 408 g/mol. The number of piperidine rings is 1. The first-order valence-corrected chi connectivity index (χ1v) is 12.5. The van der Waals surface area contributed by atoms with Gasteiger partial charge in [0, 0.05) is 21.8 Å². The van der Waals surface area contributed by atoms with E-state index in [-0.39, 0.29) is 5.92 Å². The molecule has 1 atom stereocenters. The Morgan fingerprint density at radius 2 is 1.52 bits per heavy atom. The Kier molecular flexibility index (Phi) is 7.41. The van der Waals surface area contributed by atoms with Crippen LogP contribution in [0.15, 0.2) is 63.5 Å². The molecule has 6 heteroatoms. The zero-order valence-corrected chi connectivity index (χ0v) is 19.0. The van der Waals surface area contributed by atoms with Crippen LogP contribution in [0.1, 0.15) is 50.5 Å². The van der Waals surface area contributed by atoms with Crippen molar-refractivity contribution in [3.8, 4) is 5.75 Å². The molecule has 2 aromatic rings. The largest absolute Gasteiger partial charge is 0.497 e. The van der Waals surface area contributed by atoms with Crippen LogP contribution in [0.2, 0.25) is 0 Å². The van der Waals surface area contributed by atoms with E-state index in [2.05, 4.69) is 10.1 Å². The quantitative estimate of drug-likeness (QED) is 0.386. The summed E-state index contributed by atoms with van der Waals surface area (Å²) in [5.74, 6) is 1.01. The Labute approximate surface area is 187 Å². The van der Waals surface area contributed by atoms with Crippen LogP contribution in [0, 0.1) is 5.92 Å². The van der Waals surface area contributed by atoms with Crippen molar-refractivity contribution in [2.24, 2.45) is 11.1 Å². The second-order valence-corrected chi connectivity index (χ2v) is 10.0. The fraction of sp³-hybridized carbons (Fsp3) is 0.480. The molecule has 166 valence electrons. The SMILES string of the molecule is COc1ccc(S(=O)c2ccc(/C(=N/O)C3CCN(C4CCCCC4)CC3)cc2)cc1. The summed E-state index contributed by atoms with van der Waals surface area (Å²) < 4.78 is 18.0. The van der Waals surface area contributed by atoms with Gasteiger partial charge in [-0.2, -0.15) is 0 Å². The third-order valence-corrected chi connectivity index (χ3v) is 8.15. The van der Waals surface area contributed by atoms with Crippen LogP contribution in [0.5, 0.6) is 5.75 Å². The highest BCUT2D eigenvalue weighted by Crippen LogP contribution is 2.29. The predicted octanol–water partition coefficient (Wildman–Crippen LogP) is 5.08. The number of nitrogens with zero attached hydrogens (tertiary/aromatic N) is 2. The van der Waals surface area contributed by atoms with Crippen molar-refractivity contribution in [2.45, 2.75) is 60.8 Å². The third kappa shape index (κ3) is 5.18. The van der Waals surface area contributed by atoms with Crippen LogP contribution >= 0.6 is 0 Å². The summed E-state index contributed by atoms with van der Waals surface area (Å²) >= 11 is 0. The lowest BCUT2D eigenvalue weighted by Gasteiger charge is -2.39. The number of rotatable bonds is 6. The fourth-order valence-electron chi connectivity index (χ4n) is 4.94. The van der Waals surface area contributed by atoms with Gasteiger partial charge in [-0.15, -0.1) is 0 Å². The molecule has 31 heavy (non-hydrogen) atoms. The molecule has 1 heterocycles. The summed E-state index contributed by atoms with van der Waals surface area (Å²) in [6, 6.07) is 15.6. The van der Waals surface area contributed by atoms with Gasteiger partial charge in [0.25, 0.3) is 0 Å². The normalized spacial score (nSPS) is 20.5. The third-order valence-electron chi connectivity index (χ3n) is 6.75. The first kappa shape index (κ1) is 22.0. The lowest BCUT2D eigenvalue weighted by atomic mass is 9.86. The van der Waals surface area contributed by atoms with Crippen LogP contribution in [0.25, 0.3) is 0 Å². The molecule has 4 rings (SSSR count). The van der Waals surface area contributed by atoms with E-state index >= 15 is 0 Å². The Balaban J connectivity index is 1.39. The van der Waals surface area contributed by atoms with Gasteiger partial charge in [0.15, 0.2) is 0 Å². The molecule has 0 radical (unpaired) electrons. The minimum absolute atomic E-state index is 0.266. The van der Waals surface area contributed by atoms with Gasteiger partial charge in [-0.25, -0.2) is 4.21 Å². The predicted molar refractivity (Wildman–Crippen MR) is 124 cm³/mol. The second-order valence-electron chi connectivity index (χ2n) is 8.56. The highest BCUT2D eigenvalue weighted by molar-refractivity contribution is 7.85. The van der Waals surface area contributed by atoms with E-state index in [4.69, 9.17) is 4.74 Å². The standard InChI is InChI=1S/C25H32N2O3S/c1-30-22-9-13-24(14-10-22)31(29)23-11-7-19(8-12-23)25(26-28)20-15-17-27(18-16-20)21-5-3-2-4-6-21/h7-14,20-21,28H,2-6,15-18H2,1H3/b26-25-. The summed E-state index contributed by atoms with van der Waals surface area (Å²) in [5, 5.41) is 13.4. The van der Waals surface area contributed by atoms with E-state index in [1.54, 1.807) is 7.11 Å². The monoisotopic (exact) mass is 440 g/mol. The smallest absolute Gasteiger partial charge is 0.118 e. The van der Waals surface area contributed by atoms with Crippen molar-refractivity contribution >= 4 is 16.5 Å². The molecule has 2 aliphatic rings. The van der Waals surface area contributed by atoms with Crippen molar-refractivity contribution in [1.82, 2.24) is 4.90 Å². The van der Waals surface area contributed by atoms with Gasteiger partial charge < -0.3 is 14.8 Å². The maximum atomic E-state index is 12.9. The van der Waals surface area contributed by atoms with Gasteiger partial charge in [-0.05, 0) is 80.7 Å². The number of benzene rings is 2. The Morgan fingerprint density at radius 3 is 2.06 bits per heavy atom. The van der Waals surface area contributed by atoms with Gasteiger partial charge >= 0.3 is 0 Å². The van der Waals surface area contributed by atoms with E-state index < -0.39 is 10.8 Å². The summed E-state index contributed by atoms with van der Waals surface area (Å²) in [5.41, 5.74) is 1.67. The molecule has 1 saturated heterocycles. The Hall–Kier alpha value is -2.18. The molecule has 1 saturated carbocycles. The van der Waals surface area contributed by atoms with Crippen LogP contribution in [-0.2, 0) is 10.8 Å². The molecular formula is C25H32N2O3S. The Bertz CT molecular complexity index is 897. The van der Waals surface area contributed by atoms with Gasteiger partial charge in [0.2, 0.25) is 0 Å². The maximum Gasteiger partial charge on any atom is 0.118 e. The van der Waals surface area contributed by atoms with Gasteiger partial charge in [0.05, 0.1) is 23.6 Å². The van der Waals surface area contributed by atoms with E-state index in [1.807, 2.05) is 48.5 Å². The van der Waals surface area contributed by atoms with Crippen molar-refractivity contribution in [1.29, 1.82) is 0 Å². The molecule has 0 aromatic heterocycles. The first-order valence-electron chi connectivity index (χ1n) is 11.3. The molecule has 2 aromatic carbocycles. The average molecular weight is 441 g/mol. The van der Waals surface area contributed by atoms with Gasteiger partial charge in [-0.3, -0.25) is 0 Å². The summed E-state index contributed by atoms with van der Waals surface area (Å²) in [4.78, 5) is 4.11. The van der Waals surface area contributed by atoms with Crippen molar-refractivity contribution in [3.63, 3.8) is 0 Å². The van der Waals surface area contributed by atoms with E-state index in [0.29, 0.717) is 0 Å². The minimum Gasteiger partial charge on any atom is -0.497 e. The Morgan fingerprint density at radius 1 is 0.935 bits per heavy atom. The molecule has 2 fully saturated rings. The minimum atomic E-state index is -1.26. The maximum absolute atomic E-state index is 12.9. The highest BCUT2D eigenvalue weighted by atomic mass is 32.2. The molecule has 1 N–H and O–H groups in total. The van der Waals surface area contributed by atoms with Crippen molar-refractivity contribution in [3.05, 3.63) is 54.1 Å². The first-order chi connectivity index (χ1) is 15.2. The molecule has 5 nitrogen and oxygen atoms in total. The number of hydrogen-bond donors (Lipinski definition) is 1. The molecule has 0 spiro atoms. The number of hydrogen-bond acceptors (Lipinski definition) is 5. The summed E-state index contributed by atoms with van der Waals surface area (Å²) in [7, 11) is 0.358. The average Bonchev–Trinajstić information content (AvgIpc) is 2.85. The van der Waals surface area contributed by atoms with Gasteiger partial charge in [-0.1, -0.05) is 36.6 Å². The summed E-state index contributed by atoms with van der Waals surface area (Å²) in [6.07, 6.45) is 8.81. The zero-order valence-electron chi connectivity index (χ0n) is 18.2. The number of oxime groups is 1. The van der Waals surface area contributed by atoms with Crippen molar-refractivity contribution < 1.29 is 14.2 Å². The van der Waals surface area contributed by atoms with Crippen LogP contribution < -0.4 is 4.74 Å². The molecule has 1 aliphatic carbocycles. The summed E-state index contributed by atoms with van der Waals surface area (Å²) in [6.45, 7) is 2.15. The highest BCUT2D eigenvalue weighted by Gasteiger charge is 2.29. The van der Waals surface area contributed by atoms with Crippen LogP contribution in [0.3, 0.4) is 0 Å². The van der Waals surface area contributed by atoms with Crippen LogP contribution in [-0.4, -0.2) is 46.3 Å². The number of ether oxygens (including phenoxy) is 1. The lowest BCUT2D eigenvalue weighted by Crippen LogP contribution is -2.43. The molecule has 0 amide bonds. The molecule has 0 bridgehead atoms. The molecule has 1 aliphatic heterocycles. The second kappa shape index (κ2) is 10.4. The van der Waals surface area contributed by atoms with Crippen molar-refractivity contribution in [2.75, 3.05) is 20.2 Å². The van der Waals surface area contributed by atoms with Crippen LogP contribution in [0.4, 0.5) is 0 Å². The lowest BCUT2D eigenvalue weighted by molar-refractivity contribution is 0.119. The van der Waals surface area contributed by atoms with E-state index in [0.717, 1.165) is 58.8 Å². The topological polar surface area (TPSA) is 62.1 Å². The molecule has 1 unspecified atom stereocenters. The number of likely N-dealkylation sites (tertiary alicyclic amines) is 1.